The molecule has 0 unspecified atom stereocenters. The molecule has 1 heterocycles. The molecule has 4 heteroatoms. The Bertz CT molecular complexity index is 453. The Balaban J connectivity index is 1.94. The molecule has 1 aromatic rings. The van der Waals surface area contributed by atoms with Crippen LogP contribution in [0.15, 0.2) is 24.3 Å². The number of quaternary nitrogens is 1. The summed E-state index contributed by atoms with van der Waals surface area (Å²) in [5.74, 6) is 0.0957. The van der Waals surface area contributed by atoms with Gasteiger partial charge in [-0.05, 0) is 31.4 Å². The van der Waals surface area contributed by atoms with Gasteiger partial charge in [0.1, 0.15) is 0 Å². The van der Waals surface area contributed by atoms with Gasteiger partial charge in [-0.25, -0.2) is 0 Å². The Labute approximate surface area is 134 Å². The van der Waals surface area contributed by atoms with E-state index in [4.69, 9.17) is 0 Å². The van der Waals surface area contributed by atoms with Crippen LogP contribution in [0.2, 0.25) is 0 Å². The zero-order valence-corrected chi connectivity index (χ0v) is 13.8. The van der Waals surface area contributed by atoms with E-state index in [1.54, 1.807) is 0 Å². The predicted octanol–water partition coefficient (Wildman–Crippen LogP) is 2.37. The summed E-state index contributed by atoms with van der Waals surface area (Å²) in [5.41, 5.74) is 2.13. The van der Waals surface area contributed by atoms with Crippen LogP contribution < -0.4 is 15.5 Å². The van der Waals surface area contributed by atoms with Gasteiger partial charge in [-0.2, -0.15) is 0 Å². The van der Waals surface area contributed by atoms with Crippen molar-refractivity contribution >= 4 is 17.3 Å². The molecule has 1 amide bonds. The Morgan fingerprint density at radius 1 is 1.18 bits per heavy atom. The summed E-state index contributed by atoms with van der Waals surface area (Å²) in [6.07, 6.45) is 7.46. The van der Waals surface area contributed by atoms with Gasteiger partial charge in [0, 0.05) is 13.1 Å². The predicted molar refractivity (Wildman–Crippen MR) is 92.3 cm³/mol. The first-order valence-corrected chi connectivity index (χ1v) is 8.76. The molecule has 1 saturated heterocycles. The second-order valence-corrected chi connectivity index (χ2v) is 6.10. The first-order valence-electron chi connectivity index (χ1n) is 8.76. The number of nitrogens with zero attached hydrogens (tertiary/aromatic N) is 1. The van der Waals surface area contributed by atoms with Crippen molar-refractivity contribution in [1.29, 1.82) is 0 Å². The second kappa shape index (κ2) is 9.46. The highest BCUT2D eigenvalue weighted by atomic mass is 16.1. The molecule has 3 N–H and O–H groups in total. The number of carbonyl (C=O) groups is 1. The fourth-order valence-corrected chi connectivity index (χ4v) is 2.95. The molecule has 0 aromatic heterocycles. The van der Waals surface area contributed by atoms with Crippen LogP contribution in [-0.2, 0) is 4.79 Å². The molecule has 4 nitrogen and oxygen atoms in total. The number of rotatable bonds is 7. The normalized spacial score (nSPS) is 15.4. The van der Waals surface area contributed by atoms with Crippen LogP contribution in [0, 0.1) is 0 Å². The molecule has 0 radical (unpaired) electrons. The number of amides is 1. The van der Waals surface area contributed by atoms with E-state index < -0.39 is 0 Å². The highest BCUT2D eigenvalue weighted by Gasteiger charge is 2.15. The number of anilines is 2. The number of unbranched alkanes of at least 4 members (excludes halogenated alkanes) is 1. The Morgan fingerprint density at radius 3 is 2.64 bits per heavy atom. The van der Waals surface area contributed by atoms with Gasteiger partial charge in [-0.15, -0.1) is 0 Å². The quantitative estimate of drug-likeness (QED) is 0.760. The molecule has 1 aliphatic rings. The number of nitrogens with one attached hydrogen (secondary N) is 1. The maximum Gasteiger partial charge on any atom is 0.279 e. The standard InChI is InChI=1S/C18H29N3O/c1-2-3-12-19-15-18(22)20-16-10-6-7-11-17(16)21-13-8-4-5-9-14-21/h6-7,10-11,19H,2-5,8-9,12-15H2,1H3,(H,20,22)/p+1. The lowest BCUT2D eigenvalue weighted by atomic mass is 10.2. The minimum absolute atomic E-state index is 0.0957. The van der Waals surface area contributed by atoms with Crippen LogP contribution in [0.1, 0.15) is 45.4 Å². The van der Waals surface area contributed by atoms with Crippen LogP contribution in [0.25, 0.3) is 0 Å². The second-order valence-electron chi connectivity index (χ2n) is 6.10. The van der Waals surface area contributed by atoms with Gasteiger partial charge in [-0.1, -0.05) is 38.3 Å². The van der Waals surface area contributed by atoms with Crippen molar-refractivity contribution in [3.63, 3.8) is 0 Å². The average molecular weight is 304 g/mol. The molecule has 2 rings (SSSR count). The van der Waals surface area contributed by atoms with Gasteiger partial charge in [0.15, 0.2) is 6.54 Å². The monoisotopic (exact) mass is 304 g/mol. The summed E-state index contributed by atoms with van der Waals surface area (Å²) in [7, 11) is 0. The smallest absolute Gasteiger partial charge is 0.279 e. The van der Waals surface area contributed by atoms with Crippen molar-refractivity contribution in [2.45, 2.75) is 45.4 Å². The molecule has 0 bridgehead atoms. The van der Waals surface area contributed by atoms with Gasteiger partial charge in [0.05, 0.1) is 17.9 Å². The van der Waals surface area contributed by atoms with Gasteiger partial charge in [0.2, 0.25) is 0 Å². The highest BCUT2D eigenvalue weighted by molar-refractivity contribution is 5.94. The van der Waals surface area contributed by atoms with Crippen molar-refractivity contribution in [3.05, 3.63) is 24.3 Å². The minimum atomic E-state index is 0.0957. The number of para-hydroxylation sites is 2. The summed E-state index contributed by atoms with van der Waals surface area (Å²) < 4.78 is 0. The summed E-state index contributed by atoms with van der Waals surface area (Å²) in [5, 5.41) is 5.18. The van der Waals surface area contributed by atoms with Crippen molar-refractivity contribution < 1.29 is 10.1 Å². The molecular weight excluding hydrogens is 274 g/mol. The van der Waals surface area contributed by atoms with E-state index in [2.05, 4.69) is 34.6 Å². The zero-order valence-electron chi connectivity index (χ0n) is 13.8. The Kier molecular flexibility index (Phi) is 7.23. The van der Waals surface area contributed by atoms with Gasteiger partial charge >= 0.3 is 0 Å². The van der Waals surface area contributed by atoms with Crippen LogP contribution in [0.4, 0.5) is 11.4 Å². The third kappa shape index (κ3) is 5.34. The SMILES string of the molecule is CCCC[NH2+]CC(=O)Nc1ccccc1N1CCCCCC1. The summed E-state index contributed by atoms with van der Waals surface area (Å²) in [6.45, 7) is 5.89. The lowest BCUT2D eigenvalue weighted by Gasteiger charge is -2.25. The van der Waals surface area contributed by atoms with Gasteiger partial charge in [-0.3, -0.25) is 4.79 Å². The molecule has 1 fully saturated rings. The van der Waals surface area contributed by atoms with Crippen LogP contribution in [-0.4, -0.2) is 32.1 Å². The van der Waals surface area contributed by atoms with E-state index in [0.717, 1.165) is 31.7 Å². The molecule has 1 aliphatic heterocycles. The fourth-order valence-electron chi connectivity index (χ4n) is 2.95. The first-order chi connectivity index (χ1) is 10.8. The number of hydrogen-bond donors (Lipinski definition) is 2. The van der Waals surface area contributed by atoms with Crippen molar-refractivity contribution in [3.8, 4) is 0 Å². The van der Waals surface area contributed by atoms with E-state index in [0.29, 0.717) is 6.54 Å². The summed E-state index contributed by atoms with van der Waals surface area (Å²) >= 11 is 0. The fraction of sp³-hybridized carbons (Fsp3) is 0.611. The molecule has 0 aliphatic carbocycles. The molecule has 0 atom stereocenters. The first kappa shape index (κ1) is 16.8. The number of benzene rings is 1. The third-order valence-corrected chi connectivity index (χ3v) is 4.22. The molecule has 0 saturated carbocycles. The number of carbonyl (C=O) groups excluding carboxylic acids is 1. The van der Waals surface area contributed by atoms with Crippen molar-refractivity contribution in [2.75, 3.05) is 36.4 Å². The lowest BCUT2D eigenvalue weighted by Crippen LogP contribution is -2.86. The van der Waals surface area contributed by atoms with Crippen LogP contribution >= 0.6 is 0 Å². The van der Waals surface area contributed by atoms with E-state index in [-0.39, 0.29) is 5.91 Å². The van der Waals surface area contributed by atoms with Crippen LogP contribution in [0.5, 0.6) is 0 Å². The molecule has 0 spiro atoms. The summed E-state index contributed by atoms with van der Waals surface area (Å²) in [4.78, 5) is 14.5. The number of nitrogens with two attached hydrogens (primary N) is 1. The average Bonchev–Trinajstić information content (AvgIpc) is 2.81. The molecule has 22 heavy (non-hydrogen) atoms. The number of hydrogen-bond acceptors (Lipinski definition) is 2. The summed E-state index contributed by atoms with van der Waals surface area (Å²) in [6, 6.07) is 8.20. The van der Waals surface area contributed by atoms with E-state index in [1.807, 2.05) is 12.1 Å². The third-order valence-electron chi connectivity index (χ3n) is 4.22. The minimum Gasteiger partial charge on any atom is -0.370 e. The molecular formula is C18H30N3O+. The van der Waals surface area contributed by atoms with Crippen molar-refractivity contribution in [1.82, 2.24) is 0 Å². The van der Waals surface area contributed by atoms with Gasteiger partial charge in [0.25, 0.3) is 5.91 Å². The molecule has 1 aromatic carbocycles. The van der Waals surface area contributed by atoms with E-state index in [1.165, 1.54) is 37.8 Å². The maximum absolute atomic E-state index is 12.1. The molecule has 122 valence electrons. The lowest BCUT2D eigenvalue weighted by molar-refractivity contribution is -0.643. The largest absolute Gasteiger partial charge is 0.370 e. The van der Waals surface area contributed by atoms with E-state index >= 15 is 0 Å². The Hall–Kier alpha value is -1.55. The van der Waals surface area contributed by atoms with E-state index in [9.17, 15) is 4.79 Å². The van der Waals surface area contributed by atoms with Crippen LogP contribution in [0.3, 0.4) is 0 Å². The topological polar surface area (TPSA) is 49.0 Å². The zero-order chi connectivity index (χ0) is 15.6. The highest BCUT2D eigenvalue weighted by Crippen LogP contribution is 2.27. The maximum atomic E-state index is 12.1. The van der Waals surface area contributed by atoms with Crippen molar-refractivity contribution in [2.24, 2.45) is 0 Å². The Morgan fingerprint density at radius 2 is 1.91 bits per heavy atom. The van der Waals surface area contributed by atoms with Gasteiger partial charge < -0.3 is 15.5 Å².